The molecule has 3 aromatic rings. The van der Waals surface area contributed by atoms with Gasteiger partial charge in [0.1, 0.15) is 5.69 Å². The number of nitrogens with zero attached hydrogens (tertiary/aromatic N) is 2. The van der Waals surface area contributed by atoms with Crippen LogP contribution in [0.3, 0.4) is 0 Å². The van der Waals surface area contributed by atoms with E-state index in [9.17, 15) is 4.79 Å². The highest BCUT2D eigenvalue weighted by molar-refractivity contribution is 5.76. The van der Waals surface area contributed by atoms with Gasteiger partial charge < -0.3 is 4.98 Å². The van der Waals surface area contributed by atoms with Crippen LogP contribution in [0.5, 0.6) is 0 Å². The lowest BCUT2D eigenvalue weighted by atomic mass is 10.2. The van der Waals surface area contributed by atoms with E-state index in [4.69, 9.17) is 0 Å². The molecule has 17 heavy (non-hydrogen) atoms. The summed E-state index contributed by atoms with van der Waals surface area (Å²) in [5.41, 5.74) is 2.53. The number of H-pyrrole nitrogens is 1. The quantitative estimate of drug-likeness (QED) is 0.686. The van der Waals surface area contributed by atoms with Crippen LogP contribution in [-0.4, -0.2) is 15.0 Å². The molecule has 0 bridgehead atoms. The zero-order valence-corrected chi connectivity index (χ0v) is 8.92. The van der Waals surface area contributed by atoms with Gasteiger partial charge in [0, 0.05) is 18.0 Å². The van der Waals surface area contributed by atoms with Crippen LogP contribution in [0.4, 0.5) is 0 Å². The van der Waals surface area contributed by atoms with Crippen molar-refractivity contribution in [1.82, 2.24) is 15.0 Å². The first-order valence-corrected chi connectivity index (χ1v) is 5.24. The number of para-hydroxylation sites is 2. The van der Waals surface area contributed by atoms with Crippen LogP contribution in [0.2, 0.25) is 0 Å². The molecular weight excluding hydrogens is 214 g/mol. The third-order valence-electron chi connectivity index (χ3n) is 2.55. The lowest BCUT2D eigenvalue weighted by molar-refractivity contribution is 1.21. The number of fused-ring (bicyclic) bond motifs is 1. The summed E-state index contributed by atoms with van der Waals surface area (Å²) in [5.74, 6) is 0. The highest BCUT2D eigenvalue weighted by atomic mass is 16.1. The number of pyridine rings is 1. The molecule has 82 valence electrons. The largest absolute Gasteiger partial charge is 0.319 e. The molecule has 0 radical (unpaired) electrons. The van der Waals surface area contributed by atoms with E-state index in [1.807, 2.05) is 24.3 Å². The van der Waals surface area contributed by atoms with E-state index in [1.54, 1.807) is 24.5 Å². The molecule has 2 heterocycles. The van der Waals surface area contributed by atoms with Crippen LogP contribution in [0.1, 0.15) is 0 Å². The van der Waals surface area contributed by atoms with Crippen molar-refractivity contribution in [3.8, 4) is 11.3 Å². The van der Waals surface area contributed by atoms with E-state index in [2.05, 4.69) is 15.0 Å². The van der Waals surface area contributed by atoms with Gasteiger partial charge >= 0.3 is 0 Å². The van der Waals surface area contributed by atoms with E-state index in [-0.39, 0.29) is 5.56 Å². The van der Waals surface area contributed by atoms with E-state index in [0.717, 1.165) is 16.6 Å². The Balaban J connectivity index is 2.31. The smallest absolute Gasteiger partial charge is 0.274 e. The molecule has 1 N–H and O–H groups in total. The molecule has 3 rings (SSSR count). The number of hydrogen-bond donors (Lipinski definition) is 1. The molecule has 0 aliphatic rings. The Morgan fingerprint density at radius 1 is 1.00 bits per heavy atom. The van der Waals surface area contributed by atoms with Crippen molar-refractivity contribution in [2.45, 2.75) is 0 Å². The molecule has 4 nitrogen and oxygen atoms in total. The molecule has 0 aliphatic carbocycles. The highest BCUT2D eigenvalue weighted by Crippen LogP contribution is 2.14. The lowest BCUT2D eigenvalue weighted by Gasteiger charge is -2.01. The molecule has 0 spiro atoms. The van der Waals surface area contributed by atoms with E-state index in [0.29, 0.717) is 5.69 Å². The number of aromatic nitrogens is 3. The monoisotopic (exact) mass is 223 g/mol. The van der Waals surface area contributed by atoms with Gasteiger partial charge in [0.25, 0.3) is 5.56 Å². The second-order valence-electron chi connectivity index (χ2n) is 3.67. The van der Waals surface area contributed by atoms with E-state index < -0.39 is 0 Å². The molecule has 0 saturated carbocycles. The van der Waals surface area contributed by atoms with E-state index >= 15 is 0 Å². The molecule has 0 amide bonds. The first kappa shape index (κ1) is 9.72. The van der Waals surface area contributed by atoms with Crippen molar-refractivity contribution < 1.29 is 0 Å². The van der Waals surface area contributed by atoms with Gasteiger partial charge in [-0.2, -0.15) is 0 Å². The average Bonchev–Trinajstić information content (AvgIpc) is 2.39. The van der Waals surface area contributed by atoms with E-state index in [1.165, 1.54) is 0 Å². The van der Waals surface area contributed by atoms with Crippen LogP contribution < -0.4 is 5.56 Å². The van der Waals surface area contributed by atoms with Gasteiger partial charge in [-0.3, -0.25) is 9.78 Å². The molecule has 2 aromatic heterocycles. The Labute approximate surface area is 97.0 Å². The van der Waals surface area contributed by atoms with Crippen molar-refractivity contribution in [2.24, 2.45) is 0 Å². The summed E-state index contributed by atoms with van der Waals surface area (Å²) < 4.78 is 0. The number of nitrogens with one attached hydrogen (secondary N) is 1. The zero-order chi connectivity index (χ0) is 11.7. The molecule has 0 unspecified atom stereocenters. The SMILES string of the molecule is O=c1[nH]c2ccccc2nc1-c1ccncc1. The standard InChI is InChI=1S/C13H9N3O/c17-13-12(9-5-7-14-8-6-9)15-10-3-1-2-4-11(10)16-13/h1-8H,(H,16,17). The molecule has 0 fully saturated rings. The molecule has 0 aliphatic heterocycles. The zero-order valence-electron chi connectivity index (χ0n) is 8.92. The van der Waals surface area contributed by atoms with Crippen LogP contribution in [0, 0.1) is 0 Å². The maximum Gasteiger partial charge on any atom is 0.274 e. The molecule has 0 atom stereocenters. The Morgan fingerprint density at radius 2 is 1.76 bits per heavy atom. The minimum atomic E-state index is -0.185. The fourth-order valence-corrected chi connectivity index (χ4v) is 1.74. The number of rotatable bonds is 1. The maximum atomic E-state index is 11.9. The van der Waals surface area contributed by atoms with Crippen molar-refractivity contribution in [3.63, 3.8) is 0 Å². The minimum Gasteiger partial charge on any atom is -0.319 e. The number of aromatic amines is 1. The van der Waals surface area contributed by atoms with Gasteiger partial charge in [0.15, 0.2) is 0 Å². The summed E-state index contributed by atoms with van der Waals surface area (Å²) >= 11 is 0. The molecular formula is C13H9N3O. The van der Waals surface area contributed by atoms with Crippen molar-refractivity contribution in [2.75, 3.05) is 0 Å². The lowest BCUT2D eigenvalue weighted by Crippen LogP contribution is -2.11. The maximum absolute atomic E-state index is 11.9. The summed E-state index contributed by atoms with van der Waals surface area (Å²) in [6, 6.07) is 11.0. The van der Waals surface area contributed by atoms with Gasteiger partial charge in [0.2, 0.25) is 0 Å². The van der Waals surface area contributed by atoms with Gasteiger partial charge in [0.05, 0.1) is 11.0 Å². The third-order valence-corrected chi connectivity index (χ3v) is 2.55. The molecule has 4 heteroatoms. The molecule has 0 saturated heterocycles. The first-order chi connectivity index (χ1) is 8.34. The summed E-state index contributed by atoms with van der Waals surface area (Å²) in [7, 11) is 0. The topological polar surface area (TPSA) is 58.6 Å². The predicted octanol–water partition coefficient (Wildman–Crippen LogP) is 1.99. The van der Waals surface area contributed by atoms with Crippen LogP contribution in [-0.2, 0) is 0 Å². The summed E-state index contributed by atoms with van der Waals surface area (Å²) in [6.45, 7) is 0. The van der Waals surface area contributed by atoms with Crippen molar-refractivity contribution in [3.05, 3.63) is 59.1 Å². The average molecular weight is 223 g/mol. The first-order valence-electron chi connectivity index (χ1n) is 5.24. The Bertz CT molecular complexity index is 719. The fraction of sp³-hybridized carbons (Fsp3) is 0. The van der Waals surface area contributed by atoms with Gasteiger partial charge in [-0.1, -0.05) is 12.1 Å². The van der Waals surface area contributed by atoms with Crippen LogP contribution in [0.25, 0.3) is 22.3 Å². The van der Waals surface area contributed by atoms with Crippen molar-refractivity contribution in [1.29, 1.82) is 0 Å². The summed E-state index contributed by atoms with van der Waals surface area (Å²) in [5, 5.41) is 0. The van der Waals surface area contributed by atoms with Crippen LogP contribution >= 0.6 is 0 Å². The number of benzene rings is 1. The Kier molecular flexibility index (Phi) is 2.19. The highest BCUT2D eigenvalue weighted by Gasteiger charge is 2.06. The third kappa shape index (κ3) is 1.69. The summed E-state index contributed by atoms with van der Waals surface area (Å²) in [6.07, 6.45) is 3.29. The van der Waals surface area contributed by atoms with Gasteiger partial charge in [-0.15, -0.1) is 0 Å². The second kappa shape index (κ2) is 3.83. The van der Waals surface area contributed by atoms with Crippen molar-refractivity contribution >= 4 is 11.0 Å². The predicted molar refractivity (Wildman–Crippen MR) is 65.6 cm³/mol. The second-order valence-corrected chi connectivity index (χ2v) is 3.67. The fourth-order valence-electron chi connectivity index (χ4n) is 1.74. The Hall–Kier alpha value is -2.49. The Morgan fingerprint density at radius 3 is 2.59 bits per heavy atom. The van der Waals surface area contributed by atoms with Crippen LogP contribution in [0.15, 0.2) is 53.6 Å². The minimum absolute atomic E-state index is 0.185. The number of hydrogen-bond acceptors (Lipinski definition) is 3. The summed E-state index contributed by atoms with van der Waals surface area (Å²) in [4.78, 5) is 23.0. The van der Waals surface area contributed by atoms with Gasteiger partial charge in [-0.25, -0.2) is 4.98 Å². The van der Waals surface area contributed by atoms with Gasteiger partial charge in [-0.05, 0) is 24.3 Å². The normalized spacial score (nSPS) is 10.6. The molecule has 1 aromatic carbocycles.